The van der Waals surface area contributed by atoms with E-state index < -0.39 is 0 Å². The molecule has 2 atom stereocenters. The Morgan fingerprint density at radius 1 is 1.00 bits per heavy atom. The smallest absolute Gasteiger partial charge is 0.226 e. The van der Waals surface area contributed by atoms with Crippen LogP contribution >= 0.6 is 11.6 Å². The normalized spacial score (nSPS) is 18.5. The minimum absolute atomic E-state index is 0.196. The molecule has 1 N–H and O–H groups in total. The van der Waals surface area contributed by atoms with E-state index in [1.807, 2.05) is 47.1 Å². The number of methoxy groups -OCH3 is 1. The van der Waals surface area contributed by atoms with Gasteiger partial charge in [-0.05, 0) is 48.4 Å². The highest BCUT2D eigenvalue weighted by atomic mass is 35.5. The number of aromatic nitrogens is 3. The molecule has 3 heterocycles. The molecule has 2 aliphatic rings. The second kappa shape index (κ2) is 7.67. The van der Waals surface area contributed by atoms with E-state index in [-0.39, 0.29) is 12.1 Å². The van der Waals surface area contributed by atoms with Crippen LogP contribution in [0.25, 0.3) is 5.70 Å². The first-order valence-electron chi connectivity index (χ1n) is 10.7. The van der Waals surface area contributed by atoms with Gasteiger partial charge in [-0.1, -0.05) is 53.6 Å². The molecule has 2 aliphatic heterocycles. The Kier molecular flexibility index (Phi) is 4.62. The summed E-state index contributed by atoms with van der Waals surface area (Å²) in [4.78, 5) is 4.47. The van der Waals surface area contributed by atoms with Gasteiger partial charge >= 0.3 is 0 Å². The summed E-state index contributed by atoms with van der Waals surface area (Å²) in [5, 5.41) is 8.71. The molecule has 4 aromatic rings. The number of aryl methyl sites for hydroxylation is 1. The van der Waals surface area contributed by atoms with Crippen molar-refractivity contribution in [1.29, 1.82) is 0 Å². The van der Waals surface area contributed by atoms with Crippen molar-refractivity contribution >= 4 is 23.2 Å². The molecule has 0 saturated carbocycles. The van der Waals surface area contributed by atoms with Crippen LogP contribution in [0.5, 0.6) is 11.5 Å². The van der Waals surface area contributed by atoms with Crippen molar-refractivity contribution in [2.75, 3.05) is 12.4 Å². The van der Waals surface area contributed by atoms with Gasteiger partial charge in [0.05, 0.1) is 12.8 Å². The highest BCUT2D eigenvalue weighted by Gasteiger charge is 2.41. The first-order valence-corrected chi connectivity index (χ1v) is 11.1. The SMILES string of the molecule is COc1ccc([C@@H]2Oc3ccc(Cl)cc3C3=C2[C@H](c2ccc(C)cc2)n2ncnc2N3)cc1. The summed E-state index contributed by atoms with van der Waals surface area (Å²) in [6, 6.07) is 22.0. The molecular formula is C26H21ClN4O2. The molecule has 0 radical (unpaired) electrons. The lowest BCUT2D eigenvalue weighted by molar-refractivity contribution is 0.223. The van der Waals surface area contributed by atoms with Gasteiger partial charge in [0.25, 0.3) is 0 Å². The Hall–Kier alpha value is -3.77. The fourth-order valence-corrected chi connectivity index (χ4v) is 4.74. The average molecular weight is 457 g/mol. The third-order valence-corrected chi connectivity index (χ3v) is 6.42. The molecule has 164 valence electrons. The lowest BCUT2D eigenvalue weighted by atomic mass is 9.84. The Bertz CT molecular complexity index is 1380. The van der Waals surface area contributed by atoms with Gasteiger partial charge in [-0.15, -0.1) is 0 Å². The number of hydrogen-bond donors (Lipinski definition) is 1. The number of rotatable bonds is 3. The summed E-state index contributed by atoms with van der Waals surface area (Å²) >= 11 is 6.39. The van der Waals surface area contributed by atoms with Crippen LogP contribution in [0, 0.1) is 6.92 Å². The summed E-state index contributed by atoms with van der Waals surface area (Å²) in [6.07, 6.45) is 1.24. The van der Waals surface area contributed by atoms with Crippen molar-refractivity contribution in [3.8, 4) is 11.5 Å². The Morgan fingerprint density at radius 3 is 2.52 bits per heavy atom. The van der Waals surface area contributed by atoms with Gasteiger partial charge in [-0.2, -0.15) is 10.1 Å². The van der Waals surface area contributed by atoms with Crippen LogP contribution in [0.3, 0.4) is 0 Å². The number of hydrogen-bond acceptors (Lipinski definition) is 5. The number of nitrogens with zero attached hydrogens (tertiary/aromatic N) is 3. The fourth-order valence-electron chi connectivity index (χ4n) is 4.56. The fraction of sp³-hybridized carbons (Fsp3) is 0.154. The van der Waals surface area contributed by atoms with E-state index >= 15 is 0 Å². The number of halogens is 1. The topological polar surface area (TPSA) is 61.2 Å². The van der Waals surface area contributed by atoms with Crippen molar-refractivity contribution in [3.63, 3.8) is 0 Å². The van der Waals surface area contributed by atoms with E-state index in [1.54, 1.807) is 13.4 Å². The molecule has 1 aromatic heterocycles. The highest BCUT2D eigenvalue weighted by molar-refractivity contribution is 6.30. The molecule has 0 saturated heterocycles. The van der Waals surface area contributed by atoms with Gasteiger partial charge in [0.1, 0.15) is 30.0 Å². The summed E-state index contributed by atoms with van der Waals surface area (Å²) in [5.41, 5.74) is 6.24. The van der Waals surface area contributed by atoms with Gasteiger partial charge in [0.2, 0.25) is 5.95 Å². The zero-order valence-corrected chi connectivity index (χ0v) is 18.9. The van der Waals surface area contributed by atoms with E-state index in [4.69, 9.17) is 21.1 Å². The average Bonchev–Trinajstić information content (AvgIpc) is 3.31. The minimum atomic E-state index is -0.337. The van der Waals surface area contributed by atoms with Gasteiger partial charge in [-0.25, -0.2) is 4.68 Å². The number of fused-ring (bicyclic) bond motifs is 3. The van der Waals surface area contributed by atoms with E-state index in [1.165, 1.54) is 5.56 Å². The predicted octanol–water partition coefficient (Wildman–Crippen LogP) is 5.81. The molecule has 0 aliphatic carbocycles. The van der Waals surface area contributed by atoms with Gasteiger partial charge < -0.3 is 14.8 Å². The zero-order valence-electron chi connectivity index (χ0n) is 18.1. The molecule has 0 amide bonds. The maximum Gasteiger partial charge on any atom is 0.226 e. The van der Waals surface area contributed by atoms with Crippen molar-refractivity contribution in [3.05, 3.63) is 106 Å². The van der Waals surface area contributed by atoms with Crippen molar-refractivity contribution < 1.29 is 9.47 Å². The van der Waals surface area contributed by atoms with Crippen molar-refractivity contribution in [1.82, 2.24) is 14.8 Å². The van der Waals surface area contributed by atoms with Crippen molar-refractivity contribution in [2.45, 2.75) is 19.1 Å². The summed E-state index contributed by atoms with van der Waals surface area (Å²) in [5.74, 6) is 2.24. The van der Waals surface area contributed by atoms with Gasteiger partial charge in [0, 0.05) is 16.2 Å². The van der Waals surface area contributed by atoms with Crippen LogP contribution in [-0.2, 0) is 0 Å². The Morgan fingerprint density at radius 2 is 1.76 bits per heavy atom. The highest BCUT2D eigenvalue weighted by Crippen LogP contribution is 2.51. The summed E-state index contributed by atoms with van der Waals surface area (Å²) in [7, 11) is 1.66. The molecule has 33 heavy (non-hydrogen) atoms. The molecule has 0 fully saturated rings. The number of anilines is 1. The second-order valence-electron chi connectivity index (χ2n) is 8.21. The standard InChI is InChI=1S/C26H21ClN4O2/c1-15-3-5-16(6-4-15)24-22-23(30-26-28-14-29-31(24)26)20-13-18(27)9-12-21(20)33-25(22)17-7-10-19(32-2)11-8-17/h3-14,24-25H,1-2H3,(H,28,29,30)/t24-,25-/m0/s1. The lowest BCUT2D eigenvalue weighted by Crippen LogP contribution is -2.32. The lowest BCUT2D eigenvalue weighted by Gasteiger charge is -2.39. The molecule has 0 unspecified atom stereocenters. The largest absolute Gasteiger partial charge is 0.497 e. The zero-order chi connectivity index (χ0) is 22.5. The molecule has 6 rings (SSSR count). The van der Waals surface area contributed by atoms with E-state index in [9.17, 15) is 0 Å². The molecule has 3 aromatic carbocycles. The monoisotopic (exact) mass is 456 g/mol. The third kappa shape index (κ3) is 3.26. The van der Waals surface area contributed by atoms with Crippen molar-refractivity contribution in [2.24, 2.45) is 0 Å². The number of nitrogens with one attached hydrogen (secondary N) is 1. The maximum atomic E-state index is 6.62. The van der Waals surface area contributed by atoms with Gasteiger partial charge in [0.15, 0.2) is 0 Å². The summed E-state index contributed by atoms with van der Waals surface area (Å²) < 4.78 is 13.9. The first-order chi connectivity index (χ1) is 16.1. The summed E-state index contributed by atoms with van der Waals surface area (Å²) in [6.45, 7) is 2.08. The second-order valence-corrected chi connectivity index (χ2v) is 8.64. The predicted molar refractivity (Wildman–Crippen MR) is 128 cm³/mol. The van der Waals surface area contributed by atoms with Gasteiger partial charge in [-0.3, -0.25) is 0 Å². The Balaban J connectivity index is 1.61. The third-order valence-electron chi connectivity index (χ3n) is 6.19. The van der Waals surface area contributed by atoms with Crippen LogP contribution in [0.4, 0.5) is 5.95 Å². The Labute approximate surface area is 196 Å². The van der Waals surface area contributed by atoms with Crippen LogP contribution in [0.1, 0.15) is 34.4 Å². The first kappa shape index (κ1) is 19.9. The van der Waals surface area contributed by atoms with E-state index in [2.05, 4.69) is 46.6 Å². The molecule has 7 heteroatoms. The number of ether oxygens (including phenoxy) is 2. The number of benzene rings is 3. The molecule has 6 nitrogen and oxygen atoms in total. The van der Waals surface area contributed by atoms with E-state index in [0.717, 1.165) is 39.5 Å². The van der Waals surface area contributed by atoms with Crippen LogP contribution in [0.2, 0.25) is 5.02 Å². The maximum absolute atomic E-state index is 6.62. The minimum Gasteiger partial charge on any atom is -0.497 e. The molecule has 0 bridgehead atoms. The van der Waals surface area contributed by atoms with Crippen LogP contribution in [0.15, 0.2) is 78.6 Å². The quantitative estimate of drug-likeness (QED) is 0.421. The van der Waals surface area contributed by atoms with Crippen LogP contribution < -0.4 is 14.8 Å². The molecular weight excluding hydrogens is 436 g/mol. The van der Waals surface area contributed by atoms with E-state index in [0.29, 0.717) is 11.0 Å². The molecule has 0 spiro atoms. The van der Waals surface area contributed by atoms with Crippen LogP contribution in [-0.4, -0.2) is 21.9 Å².